The van der Waals surface area contributed by atoms with Crippen LogP contribution < -0.4 is 14.2 Å². The fraction of sp³-hybridized carbons (Fsp3) is 0.483. The van der Waals surface area contributed by atoms with E-state index in [1.54, 1.807) is 20.4 Å². The summed E-state index contributed by atoms with van der Waals surface area (Å²) in [6, 6.07) is 12.6. The Kier molecular flexibility index (Phi) is 8.88. The largest absolute Gasteiger partial charge is 0.493 e. The molecule has 194 valence electrons. The molecule has 0 saturated carbocycles. The Morgan fingerprint density at radius 1 is 0.944 bits per heavy atom. The molecule has 1 aliphatic rings. The Labute approximate surface area is 215 Å². The number of benzene rings is 2. The van der Waals surface area contributed by atoms with Crippen LogP contribution in [-0.2, 0) is 17.8 Å². The second-order valence-electron chi connectivity index (χ2n) is 9.71. The molecule has 1 aromatic heterocycles. The number of hydrogen-bond donors (Lipinski definition) is 0. The molecule has 3 aromatic rings. The van der Waals surface area contributed by atoms with Crippen molar-refractivity contribution in [3.05, 3.63) is 71.8 Å². The van der Waals surface area contributed by atoms with Crippen LogP contribution in [0.4, 0.5) is 0 Å². The first-order chi connectivity index (χ1) is 17.5. The zero-order valence-electron chi connectivity index (χ0n) is 22.0. The van der Waals surface area contributed by atoms with E-state index in [0.29, 0.717) is 13.2 Å². The molecule has 2 heterocycles. The van der Waals surface area contributed by atoms with Crippen LogP contribution in [0, 0.1) is 13.8 Å². The third-order valence-corrected chi connectivity index (χ3v) is 7.03. The normalized spacial score (nSPS) is 15.6. The van der Waals surface area contributed by atoms with E-state index < -0.39 is 0 Å². The molecule has 7 nitrogen and oxygen atoms in total. The summed E-state index contributed by atoms with van der Waals surface area (Å²) in [6.45, 7) is 9.06. The maximum Gasteiger partial charge on any atom is 0.161 e. The number of imidazole rings is 1. The highest BCUT2D eigenvalue weighted by molar-refractivity contribution is 5.43. The van der Waals surface area contributed by atoms with Crippen LogP contribution in [0.15, 0.2) is 55.1 Å². The van der Waals surface area contributed by atoms with E-state index in [0.717, 1.165) is 62.7 Å². The van der Waals surface area contributed by atoms with E-state index in [4.69, 9.17) is 18.9 Å². The van der Waals surface area contributed by atoms with Gasteiger partial charge >= 0.3 is 0 Å². The van der Waals surface area contributed by atoms with Gasteiger partial charge in [0.2, 0.25) is 0 Å². The molecule has 0 amide bonds. The lowest BCUT2D eigenvalue weighted by Crippen LogP contribution is -2.48. The van der Waals surface area contributed by atoms with Crippen molar-refractivity contribution < 1.29 is 18.9 Å². The van der Waals surface area contributed by atoms with Crippen molar-refractivity contribution in [2.75, 3.05) is 40.5 Å². The van der Waals surface area contributed by atoms with Gasteiger partial charge in [-0.25, -0.2) is 4.98 Å². The van der Waals surface area contributed by atoms with Gasteiger partial charge in [-0.05, 0) is 62.4 Å². The van der Waals surface area contributed by atoms with Gasteiger partial charge in [0, 0.05) is 45.7 Å². The van der Waals surface area contributed by atoms with Gasteiger partial charge in [0.05, 0.1) is 20.0 Å². The number of likely N-dealkylation sites (tertiary alicyclic amines) is 1. The first-order valence-electron chi connectivity index (χ1n) is 12.7. The average molecular weight is 494 g/mol. The van der Waals surface area contributed by atoms with E-state index >= 15 is 0 Å². The summed E-state index contributed by atoms with van der Waals surface area (Å²) in [6.07, 6.45) is 8.35. The second-order valence-corrected chi connectivity index (χ2v) is 9.71. The van der Waals surface area contributed by atoms with Crippen molar-refractivity contribution in [1.82, 2.24) is 14.5 Å². The molecule has 0 aliphatic carbocycles. The lowest BCUT2D eigenvalue weighted by molar-refractivity contribution is -0.0840. The second kappa shape index (κ2) is 12.3. The van der Waals surface area contributed by atoms with Gasteiger partial charge in [0.15, 0.2) is 11.5 Å². The smallest absolute Gasteiger partial charge is 0.161 e. The Hall–Kier alpha value is -3.03. The van der Waals surface area contributed by atoms with Crippen LogP contribution in [0.1, 0.15) is 36.0 Å². The summed E-state index contributed by atoms with van der Waals surface area (Å²) in [5.41, 5.74) is 3.38. The summed E-state index contributed by atoms with van der Waals surface area (Å²) in [5, 5.41) is 0. The Bertz CT molecular complexity index is 1090. The van der Waals surface area contributed by atoms with Crippen LogP contribution in [0.2, 0.25) is 0 Å². The predicted molar refractivity (Wildman–Crippen MR) is 141 cm³/mol. The molecular formula is C29H39N3O4. The third kappa shape index (κ3) is 6.80. The first kappa shape index (κ1) is 26.0. The minimum atomic E-state index is -0.250. The van der Waals surface area contributed by atoms with Crippen molar-refractivity contribution in [2.45, 2.75) is 51.8 Å². The number of ether oxygens (including phenoxy) is 4. The van der Waals surface area contributed by atoms with Gasteiger partial charge in [0.25, 0.3) is 0 Å². The predicted octanol–water partition coefficient (Wildman–Crippen LogP) is 5.04. The van der Waals surface area contributed by atoms with E-state index in [1.807, 2.05) is 18.6 Å². The summed E-state index contributed by atoms with van der Waals surface area (Å²) in [5.74, 6) is 2.50. The summed E-state index contributed by atoms with van der Waals surface area (Å²) in [4.78, 5) is 6.54. The minimum absolute atomic E-state index is 0.250. The van der Waals surface area contributed by atoms with Crippen molar-refractivity contribution in [3.63, 3.8) is 0 Å². The lowest BCUT2D eigenvalue weighted by atomic mass is 9.91. The Balaban J connectivity index is 1.26. The Morgan fingerprint density at radius 3 is 2.44 bits per heavy atom. The van der Waals surface area contributed by atoms with Crippen LogP contribution in [0.5, 0.6) is 17.2 Å². The molecule has 7 heteroatoms. The summed E-state index contributed by atoms with van der Waals surface area (Å²) >= 11 is 0. The molecule has 0 N–H and O–H groups in total. The fourth-order valence-corrected chi connectivity index (χ4v) is 4.73. The SMILES string of the molecule is COc1cc(CN2CCC(COc3ccc(C)cc3C)(OC)CC2)ccc1OCCCn1ccnc1. The van der Waals surface area contributed by atoms with E-state index in [-0.39, 0.29) is 5.60 Å². The van der Waals surface area contributed by atoms with Crippen molar-refractivity contribution in [1.29, 1.82) is 0 Å². The van der Waals surface area contributed by atoms with Gasteiger partial charge in [-0.3, -0.25) is 4.90 Å². The van der Waals surface area contributed by atoms with Gasteiger partial charge in [-0.2, -0.15) is 0 Å². The van der Waals surface area contributed by atoms with E-state index in [1.165, 1.54) is 16.7 Å². The number of nitrogens with zero attached hydrogens (tertiary/aromatic N) is 3. The molecule has 1 fully saturated rings. The van der Waals surface area contributed by atoms with Gasteiger partial charge in [-0.1, -0.05) is 23.8 Å². The van der Waals surface area contributed by atoms with Crippen LogP contribution in [0.3, 0.4) is 0 Å². The maximum atomic E-state index is 6.21. The first-order valence-corrected chi connectivity index (χ1v) is 12.7. The topological polar surface area (TPSA) is 58.0 Å². The molecule has 2 aromatic carbocycles. The number of aryl methyl sites for hydroxylation is 3. The molecular weight excluding hydrogens is 454 g/mol. The van der Waals surface area contributed by atoms with Crippen molar-refractivity contribution in [2.24, 2.45) is 0 Å². The number of methoxy groups -OCH3 is 2. The molecule has 1 saturated heterocycles. The molecule has 4 rings (SSSR count). The maximum absolute atomic E-state index is 6.21. The molecule has 0 bridgehead atoms. The molecule has 36 heavy (non-hydrogen) atoms. The highest BCUT2D eigenvalue weighted by atomic mass is 16.5. The fourth-order valence-electron chi connectivity index (χ4n) is 4.73. The van der Waals surface area contributed by atoms with Gasteiger partial charge < -0.3 is 23.5 Å². The van der Waals surface area contributed by atoms with Gasteiger partial charge in [-0.15, -0.1) is 0 Å². The quantitative estimate of drug-likeness (QED) is 0.330. The Morgan fingerprint density at radius 2 is 1.75 bits per heavy atom. The lowest BCUT2D eigenvalue weighted by Gasteiger charge is -2.40. The highest BCUT2D eigenvalue weighted by Crippen LogP contribution is 2.31. The molecule has 0 radical (unpaired) electrons. The van der Waals surface area contributed by atoms with Crippen molar-refractivity contribution >= 4 is 0 Å². The van der Waals surface area contributed by atoms with E-state index in [9.17, 15) is 0 Å². The minimum Gasteiger partial charge on any atom is -0.493 e. The zero-order chi connectivity index (χ0) is 25.4. The monoisotopic (exact) mass is 493 g/mol. The van der Waals surface area contributed by atoms with Gasteiger partial charge in [0.1, 0.15) is 18.0 Å². The number of hydrogen-bond acceptors (Lipinski definition) is 6. The standard InChI is InChI=1S/C29H39N3O4/c1-23-6-8-26(24(2)18-23)36-21-29(34-4)10-14-31(15-11-29)20-25-7-9-27(28(19-25)33-3)35-17-5-13-32-16-12-30-22-32/h6-9,12,16,18-19,22H,5,10-11,13-15,17,20-21H2,1-4H3. The number of aromatic nitrogens is 2. The van der Waals surface area contributed by atoms with Crippen LogP contribution in [-0.4, -0.2) is 60.6 Å². The number of rotatable bonds is 12. The van der Waals surface area contributed by atoms with E-state index in [2.05, 4.69) is 58.6 Å². The molecule has 0 atom stereocenters. The van der Waals surface area contributed by atoms with Crippen LogP contribution >= 0.6 is 0 Å². The molecule has 1 aliphatic heterocycles. The zero-order valence-corrected chi connectivity index (χ0v) is 22.0. The summed E-state index contributed by atoms with van der Waals surface area (Å²) in [7, 11) is 3.50. The van der Waals surface area contributed by atoms with Crippen LogP contribution in [0.25, 0.3) is 0 Å². The average Bonchev–Trinajstić information content (AvgIpc) is 3.41. The number of piperidine rings is 1. The molecule has 0 spiro atoms. The summed E-state index contributed by atoms with van der Waals surface area (Å²) < 4.78 is 25.9. The molecule has 0 unspecified atom stereocenters. The van der Waals surface area contributed by atoms with Crippen molar-refractivity contribution in [3.8, 4) is 17.2 Å². The highest BCUT2D eigenvalue weighted by Gasteiger charge is 2.35. The third-order valence-electron chi connectivity index (χ3n) is 7.03.